The molecule has 1 saturated carbocycles. The summed E-state index contributed by atoms with van der Waals surface area (Å²) in [5.74, 6) is 1.67. The van der Waals surface area contributed by atoms with Gasteiger partial charge in [-0.05, 0) is 6.42 Å². The van der Waals surface area contributed by atoms with Crippen molar-refractivity contribution in [3.05, 3.63) is 0 Å². The Balaban J connectivity index is 2.20. The smallest absolute Gasteiger partial charge is 0.195 e. The van der Waals surface area contributed by atoms with Crippen LogP contribution >= 0.6 is 0 Å². The van der Waals surface area contributed by atoms with Crippen molar-refractivity contribution in [2.75, 3.05) is 34.8 Å². The van der Waals surface area contributed by atoms with Crippen LogP contribution in [0.4, 0.5) is 0 Å². The highest BCUT2D eigenvalue weighted by Crippen LogP contribution is 2.53. The highest BCUT2D eigenvalue weighted by atomic mass is 16.5. The minimum Gasteiger partial charge on any atom is -0.377 e. The van der Waals surface area contributed by atoms with E-state index in [4.69, 9.17) is 9.73 Å². The number of ether oxygens (including phenoxy) is 1. The van der Waals surface area contributed by atoms with Crippen LogP contribution in [0.25, 0.3) is 0 Å². The largest absolute Gasteiger partial charge is 0.377 e. The molecular weight excluding hydrogens is 214 g/mol. The van der Waals surface area contributed by atoms with Crippen molar-refractivity contribution in [3.8, 4) is 0 Å². The molecule has 98 valence electrons. The monoisotopic (exact) mass is 239 g/mol. The van der Waals surface area contributed by atoms with E-state index in [2.05, 4.69) is 23.6 Å². The van der Waals surface area contributed by atoms with Gasteiger partial charge >= 0.3 is 0 Å². The number of nitrogens with zero attached hydrogens (tertiary/aromatic N) is 3. The van der Waals surface area contributed by atoms with E-state index in [-0.39, 0.29) is 5.41 Å². The van der Waals surface area contributed by atoms with Crippen molar-refractivity contribution in [1.82, 2.24) is 9.80 Å². The van der Waals surface area contributed by atoms with Crippen molar-refractivity contribution in [3.63, 3.8) is 0 Å². The first-order chi connectivity index (χ1) is 7.85. The lowest BCUT2D eigenvalue weighted by molar-refractivity contribution is -0.0990. The van der Waals surface area contributed by atoms with Gasteiger partial charge in [-0.15, -0.1) is 0 Å². The molecule has 0 spiro atoms. The minimum atomic E-state index is 0.179. The maximum Gasteiger partial charge on any atom is 0.195 e. The minimum absolute atomic E-state index is 0.179. The molecule has 2 rings (SSSR count). The summed E-state index contributed by atoms with van der Waals surface area (Å²) < 4.78 is 5.80. The Hall–Kier alpha value is -0.770. The number of fused-ring (bicyclic) bond motifs is 1. The molecule has 2 aliphatic rings. The Bertz CT molecular complexity index is 313. The molecule has 0 bridgehead atoms. The number of hydrogen-bond donors (Lipinski definition) is 0. The molecule has 0 aromatic rings. The van der Waals surface area contributed by atoms with Gasteiger partial charge in [0.1, 0.15) is 0 Å². The van der Waals surface area contributed by atoms with Gasteiger partial charge in [0.25, 0.3) is 0 Å². The number of aliphatic imine (C=N–C) groups is 1. The topological polar surface area (TPSA) is 28.1 Å². The standard InChI is InChI=1S/C13H25N3O/c1-13(2)10(9-7-8-17-11(9)13)14-12(15(3)4)16(5)6/h9-11H,7-8H2,1-6H3. The zero-order chi connectivity index (χ0) is 12.8. The van der Waals surface area contributed by atoms with Crippen LogP contribution in [-0.4, -0.2) is 62.7 Å². The lowest BCUT2D eigenvalue weighted by Crippen LogP contribution is -2.59. The Morgan fingerprint density at radius 2 is 1.76 bits per heavy atom. The maximum absolute atomic E-state index is 5.80. The maximum atomic E-state index is 5.80. The first kappa shape index (κ1) is 12.7. The van der Waals surface area contributed by atoms with E-state index in [0.29, 0.717) is 18.1 Å². The third kappa shape index (κ3) is 1.92. The molecule has 1 aliphatic carbocycles. The highest BCUT2D eigenvalue weighted by Gasteiger charge is 2.59. The first-order valence-corrected chi connectivity index (χ1v) is 6.39. The van der Waals surface area contributed by atoms with Crippen molar-refractivity contribution in [1.29, 1.82) is 0 Å². The number of rotatable bonds is 1. The van der Waals surface area contributed by atoms with Crippen LogP contribution < -0.4 is 0 Å². The van der Waals surface area contributed by atoms with Crippen LogP contribution in [-0.2, 0) is 4.74 Å². The molecule has 2 fully saturated rings. The van der Waals surface area contributed by atoms with Crippen LogP contribution in [0, 0.1) is 11.3 Å². The molecule has 3 atom stereocenters. The second-order valence-corrected chi connectivity index (χ2v) is 6.23. The van der Waals surface area contributed by atoms with E-state index in [0.717, 1.165) is 19.0 Å². The van der Waals surface area contributed by atoms with E-state index in [1.807, 2.05) is 28.2 Å². The molecule has 17 heavy (non-hydrogen) atoms. The molecule has 0 aromatic heterocycles. The summed E-state index contributed by atoms with van der Waals surface area (Å²) in [7, 11) is 8.19. The van der Waals surface area contributed by atoms with Gasteiger partial charge in [-0.3, -0.25) is 0 Å². The second kappa shape index (κ2) is 4.16. The van der Waals surface area contributed by atoms with Crippen LogP contribution in [0.1, 0.15) is 20.3 Å². The summed E-state index contributed by atoms with van der Waals surface area (Å²) in [5, 5.41) is 0. The Morgan fingerprint density at radius 3 is 2.29 bits per heavy atom. The average molecular weight is 239 g/mol. The second-order valence-electron chi connectivity index (χ2n) is 6.23. The predicted molar refractivity (Wildman–Crippen MR) is 70.2 cm³/mol. The molecule has 1 heterocycles. The Labute approximate surface area is 105 Å². The summed E-state index contributed by atoms with van der Waals surface area (Å²) in [6, 6.07) is 0.398. The zero-order valence-electron chi connectivity index (χ0n) is 11.9. The fourth-order valence-corrected chi connectivity index (χ4v) is 3.31. The molecule has 1 aliphatic heterocycles. The highest BCUT2D eigenvalue weighted by molar-refractivity contribution is 5.79. The van der Waals surface area contributed by atoms with Crippen LogP contribution in [0.3, 0.4) is 0 Å². The Kier molecular flexibility index (Phi) is 3.10. The van der Waals surface area contributed by atoms with Gasteiger partial charge in [0, 0.05) is 46.1 Å². The number of guanidine groups is 1. The lowest BCUT2D eigenvalue weighted by atomic mass is 9.57. The first-order valence-electron chi connectivity index (χ1n) is 6.39. The van der Waals surface area contributed by atoms with Gasteiger partial charge in [0.05, 0.1) is 12.1 Å². The molecule has 3 unspecified atom stereocenters. The van der Waals surface area contributed by atoms with E-state index in [1.54, 1.807) is 0 Å². The predicted octanol–water partition coefficient (Wildman–Crippen LogP) is 1.28. The SMILES string of the molecule is CN(C)C(=NC1C2CCOC2C1(C)C)N(C)C. The number of hydrogen-bond acceptors (Lipinski definition) is 2. The molecule has 1 saturated heterocycles. The normalized spacial score (nSPS) is 33.6. The summed E-state index contributed by atoms with van der Waals surface area (Å²) in [6.45, 7) is 5.46. The fourth-order valence-electron chi connectivity index (χ4n) is 3.31. The molecular formula is C13H25N3O. The van der Waals surface area contributed by atoms with Crippen molar-refractivity contribution < 1.29 is 4.74 Å². The van der Waals surface area contributed by atoms with Gasteiger partial charge < -0.3 is 14.5 Å². The molecule has 0 radical (unpaired) electrons. The Morgan fingerprint density at radius 1 is 1.18 bits per heavy atom. The van der Waals surface area contributed by atoms with E-state index >= 15 is 0 Å². The van der Waals surface area contributed by atoms with Crippen LogP contribution in [0.15, 0.2) is 4.99 Å². The van der Waals surface area contributed by atoms with E-state index < -0.39 is 0 Å². The molecule has 0 N–H and O–H groups in total. The molecule has 0 amide bonds. The summed E-state index contributed by atoms with van der Waals surface area (Å²) in [6.07, 6.45) is 1.58. The summed E-state index contributed by atoms with van der Waals surface area (Å²) >= 11 is 0. The van der Waals surface area contributed by atoms with Gasteiger partial charge in [0.2, 0.25) is 0 Å². The van der Waals surface area contributed by atoms with Crippen LogP contribution in [0.2, 0.25) is 0 Å². The summed E-state index contributed by atoms with van der Waals surface area (Å²) in [4.78, 5) is 9.13. The zero-order valence-corrected chi connectivity index (χ0v) is 11.9. The molecule has 4 heteroatoms. The molecule has 0 aromatic carbocycles. The van der Waals surface area contributed by atoms with E-state index in [9.17, 15) is 0 Å². The third-order valence-corrected chi connectivity index (χ3v) is 4.09. The fraction of sp³-hybridized carbons (Fsp3) is 0.923. The van der Waals surface area contributed by atoms with Crippen molar-refractivity contribution in [2.24, 2.45) is 16.3 Å². The van der Waals surface area contributed by atoms with Gasteiger partial charge in [-0.2, -0.15) is 0 Å². The lowest BCUT2D eigenvalue weighted by Gasteiger charge is -2.52. The van der Waals surface area contributed by atoms with E-state index in [1.165, 1.54) is 0 Å². The van der Waals surface area contributed by atoms with Crippen LogP contribution in [0.5, 0.6) is 0 Å². The third-order valence-electron chi connectivity index (χ3n) is 4.09. The van der Waals surface area contributed by atoms with Gasteiger partial charge in [-0.1, -0.05) is 13.8 Å². The average Bonchev–Trinajstić information content (AvgIpc) is 2.63. The molecule has 4 nitrogen and oxygen atoms in total. The van der Waals surface area contributed by atoms with Gasteiger partial charge in [-0.25, -0.2) is 4.99 Å². The van der Waals surface area contributed by atoms with Gasteiger partial charge in [0.15, 0.2) is 5.96 Å². The van der Waals surface area contributed by atoms with Crippen molar-refractivity contribution in [2.45, 2.75) is 32.4 Å². The van der Waals surface area contributed by atoms with Crippen molar-refractivity contribution >= 4 is 5.96 Å². The summed E-state index contributed by atoms with van der Waals surface area (Å²) in [5.41, 5.74) is 0.179. The quantitative estimate of drug-likeness (QED) is 0.510.